The average Bonchev–Trinajstić information content (AvgIpc) is 3.07. The minimum atomic E-state index is 0.257. The van der Waals surface area contributed by atoms with E-state index >= 15 is 0 Å². The molecule has 0 radical (unpaired) electrons. The Balaban J connectivity index is 1.63. The second-order valence-electron chi connectivity index (χ2n) is 6.06. The molecule has 0 spiro atoms. The van der Waals surface area contributed by atoms with Crippen LogP contribution < -0.4 is 4.90 Å². The molecule has 1 amide bonds. The van der Waals surface area contributed by atoms with E-state index in [-0.39, 0.29) is 5.91 Å². The van der Waals surface area contributed by atoms with Crippen LogP contribution in [0.25, 0.3) is 0 Å². The van der Waals surface area contributed by atoms with E-state index in [2.05, 4.69) is 36.9 Å². The first-order chi connectivity index (χ1) is 11.2. The third kappa shape index (κ3) is 3.58. The highest BCUT2D eigenvalue weighted by atomic mass is 32.1. The maximum Gasteiger partial charge on any atom is 0.227 e. The summed E-state index contributed by atoms with van der Waals surface area (Å²) < 4.78 is 0. The van der Waals surface area contributed by atoms with Gasteiger partial charge in [0.05, 0.1) is 6.42 Å². The van der Waals surface area contributed by atoms with Crippen LogP contribution in [-0.4, -0.2) is 37.0 Å². The number of thiophene rings is 1. The molecule has 1 fully saturated rings. The lowest BCUT2D eigenvalue weighted by molar-refractivity contribution is -0.130. The van der Waals surface area contributed by atoms with Crippen molar-refractivity contribution in [2.45, 2.75) is 26.7 Å². The first-order valence-electron chi connectivity index (χ1n) is 8.32. The molecule has 0 bridgehead atoms. The molecule has 0 aliphatic carbocycles. The zero-order chi connectivity index (χ0) is 16.2. The molecule has 0 atom stereocenters. The van der Waals surface area contributed by atoms with Crippen molar-refractivity contribution in [3.8, 4) is 0 Å². The van der Waals surface area contributed by atoms with Gasteiger partial charge in [-0.2, -0.15) is 0 Å². The van der Waals surface area contributed by atoms with E-state index in [1.54, 1.807) is 11.3 Å². The van der Waals surface area contributed by atoms with Gasteiger partial charge in [-0.15, -0.1) is 11.3 Å². The van der Waals surface area contributed by atoms with E-state index in [4.69, 9.17) is 0 Å². The van der Waals surface area contributed by atoms with Crippen molar-refractivity contribution < 1.29 is 4.79 Å². The van der Waals surface area contributed by atoms with Crippen LogP contribution in [0.1, 0.15) is 22.9 Å². The largest absolute Gasteiger partial charge is 0.368 e. The van der Waals surface area contributed by atoms with Crippen LogP contribution >= 0.6 is 11.3 Å². The van der Waals surface area contributed by atoms with Crippen LogP contribution in [0, 0.1) is 6.92 Å². The van der Waals surface area contributed by atoms with Gasteiger partial charge in [0.15, 0.2) is 0 Å². The van der Waals surface area contributed by atoms with Crippen molar-refractivity contribution in [1.29, 1.82) is 0 Å². The molecule has 1 aliphatic heterocycles. The highest BCUT2D eigenvalue weighted by Crippen LogP contribution is 2.27. The van der Waals surface area contributed by atoms with E-state index in [0.717, 1.165) is 37.5 Å². The highest BCUT2D eigenvalue weighted by Gasteiger charge is 2.23. The number of amides is 1. The molecular weight excluding hydrogens is 304 g/mol. The van der Waals surface area contributed by atoms with Crippen molar-refractivity contribution in [2.75, 3.05) is 31.1 Å². The van der Waals surface area contributed by atoms with Gasteiger partial charge in [0, 0.05) is 36.7 Å². The van der Waals surface area contributed by atoms with Gasteiger partial charge in [0.1, 0.15) is 0 Å². The molecular formula is C19H24N2OS. The second-order valence-corrected chi connectivity index (χ2v) is 7.09. The van der Waals surface area contributed by atoms with Gasteiger partial charge in [0.2, 0.25) is 5.91 Å². The molecule has 4 heteroatoms. The molecule has 1 saturated heterocycles. The minimum absolute atomic E-state index is 0.257. The molecule has 0 N–H and O–H groups in total. The van der Waals surface area contributed by atoms with Crippen molar-refractivity contribution in [3.05, 3.63) is 51.7 Å². The molecule has 3 rings (SSSR count). The van der Waals surface area contributed by atoms with Crippen LogP contribution in [0.15, 0.2) is 35.7 Å². The summed E-state index contributed by atoms with van der Waals surface area (Å²) in [6.07, 6.45) is 1.59. The minimum Gasteiger partial charge on any atom is -0.368 e. The number of hydrogen-bond donors (Lipinski definition) is 0. The van der Waals surface area contributed by atoms with Gasteiger partial charge < -0.3 is 9.80 Å². The van der Waals surface area contributed by atoms with E-state index in [1.807, 2.05) is 22.4 Å². The molecule has 2 aromatic rings. The quantitative estimate of drug-likeness (QED) is 0.857. The summed E-state index contributed by atoms with van der Waals surface area (Å²) >= 11 is 1.66. The molecule has 3 nitrogen and oxygen atoms in total. The number of anilines is 1. The first kappa shape index (κ1) is 16.1. The Morgan fingerprint density at radius 1 is 1.13 bits per heavy atom. The van der Waals surface area contributed by atoms with Crippen LogP contribution in [0.4, 0.5) is 5.69 Å². The molecule has 1 aliphatic rings. The maximum atomic E-state index is 12.4. The van der Waals surface area contributed by atoms with Gasteiger partial charge in [-0.25, -0.2) is 0 Å². The summed E-state index contributed by atoms with van der Waals surface area (Å²) in [5.74, 6) is 0.257. The Hall–Kier alpha value is -1.81. The summed E-state index contributed by atoms with van der Waals surface area (Å²) in [6, 6.07) is 10.6. The molecule has 0 saturated carbocycles. The fourth-order valence-electron chi connectivity index (χ4n) is 3.31. The number of piperazine rings is 1. The Morgan fingerprint density at radius 2 is 1.91 bits per heavy atom. The number of aryl methyl sites for hydroxylation is 2. The number of nitrogens with zero attached hydrogens (tertiary/aromatic N) is 2. The summed E-state index contributed by atoms with van der Waals surface area (Å²) in [5, 5.41) is 2.03. The predicted molar refractivity (Wildman–Crippen MR) is 97.4 cm³/mol. The van der Waals surface area contributed by atoms with Gasteiger partial charge in [-0.3, -0.25) is 4.79 Å². The summed E-state index contributed by atoms with van der Waals surface area (Å²) in [5.41, 5.74) is 4.12. The van der Waals surface area contributed by atoms with Crippen molar-refractivity contribution in [1.82, 2.24) is 4.90 Å². The molecule has 0 unspecified atom stereocenters. The molecule has 122 valence electrons. The van der Waals surface area contributed by atoms with Gasteiger partial charge in [-0.1, -0.05) is 31.2 Å². The lowest BCUT2D eigenvalue weighted by Gasteiger charge is -2.37. The van der Waals surface area contributed by atoms with E-state index in [9.17, 15) is 4.79 Å². The number of rotatable bonds is 4. The standard InChI is InChI=1S/C19H24N2OS/c1-3-16-7-4-6-15(2)19(16)21-11-9-20(10-12-21)18(22)14-17-8-5-13-23-17/h4-8,13H,3,9-12,14H2,1-2H3. The fraction of sp³-hybridized carbons (Fsp3) is 0.421. The zero-order valence-corrected chi connectivity index (χ0v) is 14.7. The predicted octanol–water partition coefficient (Wildman–Crippen LogP) is 3.51. The molecule has 1 aromatic heterocycles. The monoisotopic (exact) mass is 328 g/mol. The molecule has 2 heterocycles. The highest BCUT2D eigenvalue weighted by molar-refractivity contribution is 7.10. The summed E-state index contributed by atoms with van der Waals surface area (Å²) in [7, 11) is 0. The summed E-state index contributed by atoms with van der Waals surface area (Å²) in [6.45, 7) is 7.88. The number of para-hydroxylation sites is 1. The van der Waals surface area contributed by atoms with E-state index < -0.39 is 0 Å². The third-order valence-corrected chi connectivity index (χ3v) is 5.43. The Morgan fingerprint density at radius 3 is 2.57 bits per heavy atom. The van der Waals surface area contributed by atoms with Crippen LogP contribution in [0.3, 0.4) is 0 Å². The normalized spacial score (nSPS) is 15.0. The molecule has 23 heavy (non-hydrogen) atoms. The number of hydrogen-bond acceptors (Lipinski definition) is 3. The van der Waals surface area contributed by atoms with Gasteiger partial charge >= 0.3 is 0 Å². The maximum absolute atomic E-state index is 12.4. The number of carbonyl (C=O) groups excluding carboxylic acids is 1. The van der Waals surface area contributed by atoms with Crippen LogP contribution in [0.5, 0.6) is 0 Å². The second kappa shape index (κ2) is 7.18. The fourth-order valence-corrected chi connectivity index (χ4v) is 4.01. The van der Waals surface area contributed by atoms with Crippen LogP contribution in [0.2, 0.25) is 0 Å². The average molecular weight is 328 g/mol. The lowest BCUT2D eigenvalue weighted by Crippen LogP contribution is -2.49. The van der Waals surface area contributed by atoms with Crippen LogP contribution in [-0.2, 0) is 17.6 Å². The number of carbonyl (C=O) groups is 1. The van der Waals surface area contributed by atoms with Gasteiger partial charge in [0.25, 0.3) is 0 Å². The van der Waals surface area contributed by atoms with Crippen molar-refractivity contribution in [2.24, 2.45) is 0 Å². The van der Waals surface area contributed by atoms with Crippen molar-refractivity contribution >= 4 is 22.9 Å². The van der Waals surface area contributed by atoms with E-state index in [1.165, 1.54) is 16.8 Å². The van der Waals surface area contributed by atoms with Gasteiger partial charge in [-0.05, 0) is 35.9 Å². The summed E-state index contributed by atoms with van der Waals surface area (Å²) in [4.78, 5) is 18.0. The first-order valence-corrected chi connectivity index (χ1v) is 9.20. The Bertz CT molecular complexity index is 658. The van der Waals surface area contributed by atoms with Crippen molar-refractivity contribution in [3.63, 3.8) is 0 Å². The Kier molecular flexibility index (Phi) is 5.01. The topological polar surface area (TPSA) is 23.6 Å². The third-order valence-electron chi connectivity index (χ3n) is 4.56. The zero-order valence-electron chi connectivity index (χ0n) is 13.9. The Labute approximate surface area is 142 Å². The SMILES string of the molecule is CCc1cccc(C)c1N1CCN(C(=O)Cc2cccs2)CC1. The molecule has 1 aromatic carbocycles. The smallest absolute Gasteiger partial charge is 0.227 e. The van der Waals surface area contributed by atoms with E-state index in [0.29, 0.717) is 6.42 Å². The lowest BCUT2D eigenvalue weighted by atomic mass is 10.0. The number of benzene rings is 1.